The Hall–Kier alpha value is -2.04. The number of aryl methyl sites for hydroxylation is 1. The zero-order valence-electron chi connectivity index (χ0n) is 15.9. The summed E-state index contributed by atoms with van der Waals surface area (Å²) in [6.45, 7) is 2.20. The van der Waals surface area contributed by atoms with Gasteiger partial charge in [0.25, 0.3) is 5.91 Å². The number of amides is 1. The van der Waals surface area contributed by atoms with Crippen LogP contribution in [-0.4, -0.2) is 54.2 Å². The highest BCUT2D eigenvalue weighted by atomic mass is 35.5. The SMILES string of the molecule is Cc1noc([C@]23C[C@H](NC(=O)c4cc(Cl)ccc4F)C[C@H]2CN(S(C)(=O)=O)C3)n1. The van der Waals surface area contributed by atoms with Crippen LogP contribution in [-0.2, 0) is 15.4 Å². The van der Waals surface area contributed by atoms with E-state index in [1.165, 1.54) is 22.7 Å². The van der Waals surface area contributed by atoms with Crippen LogP contribution in [0.2, 0.25) is 5.02 Å². The van der Waals surface area contributed by atoms with Crippen LogP contribution in [0.5, 0.6) is 0 Å². The minimum absolute atomic E-state index is 0.105. The Labute approximate surface area is 172 Å². The Kier molecular flexibility index (Phi) is 4.91. The third-order valence-corrected chi connectivity index (χ3v) is 7.23. The van der Waals surface area contributed by atoms with Gasteiger partial charge in [0.1, 0.15) is 5.82 Å². The number of sulfonamides is 1. The summed E-state index contributed by atoms with van der Waals surface area (Å²) in [5.74, 6) is -0.495. The van der Waals surface area contributed by atoms with Gasteiger partial charge in [-0.05, 0) is 43.9 Å². The Balaban J connectivity index is 1.59. The van der Waals surface area contributed by atoms with Crippen molar-refractivity contribution in [3.05, 3.63) is 46.3 Å². The van der Waals surface area contributed by atoms with E-state index < -0.39 is 27.2 Å². The molecule has 0 unspecified atom stereocenters. The average molecular weight is 443 g/mol. The molecule has 3 atom stereocenters. The summed E-state index contributed by atoms with van der Waals surface area (Å²) in [6, 6.07) is 3.51. The van der Waals surface area contributed by atoms with E-state index in [0.717, 1.165) is 6.07 Å². The largest absolute Gasteiger partial charge is 0.349 e. The van der Waals surface area contributed by atoms with E-state index in [0.29, 0.717) is 31.1 Å². The molecule has 1 aromatic heterocycles. The van der Waals surface area contributed by atoms with Crippen LogP contribution in [0.15, 0.2) is 22.7 Å². The van der Waals surface area contributed by atoms with Gasteiger partial charge in [0.15, 0.2) is 5.82 Å². The molecule has 0 bridgehead atoms. The van der Waals surface area contributed by atoms with Gasteiger partial charge in [-0.15, -0.1) is 0 Å². The van der Waals surface area contributed by atoms with Gasteiger partial charge in [0, 0.05) is 24.2 Å². The third kappa shape index (κ3) is 3.64. The maximum absolute atomic E-state index is 14.0. The monoisotopic (exact) mass is 442 g/mol. The Morgan fingerprint density at radius 2 is 2.21 bits per heavy atom. The molecule has 4 rings (SSSR count). The van der Waals surface area contributed by atoms with E-state index in [1.54, 1.807) is 6.92 Å². The molecule has 29 heavy (non-hydrogen) atoms. The average Bonchev–Trinajstić information content (AvgIpc) is 3.29. The second-order valence-corrected chi connectivity index (χ2v) is 10.2. The molecule has 1 aliphatic carbocycles. The van der Waals surface area contributed by atoms with E-state index in [1.807, 2.05) is 0 Å². The van der Waals surface area contributed by atoms with Gasteiger partial charge in [-0.1, -0.05) is 16.8 Å². The highest BCUT2D eigenvalue weighted by Gasteiger charge is 2.59. The first kappa shape index (κ1) is 20.2. The molecule has 1 saturated carbocycles. The lowest BCUT2D eigenvalue weighted by atomic mass is 9.80. The Bertz CT molecular complexity index is 1080. The van der Waals surface area contributed by atoms with Gasteiger partial charge in [0.2, 0.25) is 15.9 Å². The molecule has 0 radical (unpaired) electrons. The summed E-state index contributed by atoms with van der Waals surface area (Å²) >= 11 is 5.88. The maximum Gasteiger partial charge on any atom is 0.254 e. The lowest BCUT2D eigenvalue weighted by Crippen LogP contribution is -2.39. The number of aromatic nitrogens is 2. The molecule has 2 heterocycles. The van der Waals surface area contributed by atoms with Crippen molar-refractivity contribution in [3.63, 3.8) is 0 Å². The molecular weight excluding hydrogens is 423 g/mol. The van der Waals surface area contributed by atoms with Gasteiger partial charge < -0.3 is 9.84 Å². The number of benzene rings is 1. The number of halogens is 2. The molecule has 1 N–H and O–H groups in total. The lowest BCUT2D eigenvalue weighted by molar-refractivity contribution is 0.0930. The first-order valence-electron chi connectivity index (χ1n) is 9.10. The highest BCUT2D eigenvalue weighted by molar-refractivity contribution is 7.88. The van der Waals surface area contributed by atoms with Crippen molar-refractivity contribution >= 4 is 27.5 Å². The zero-order valence-corrected chi connectivity index (χ0v) is 17.4. The number of carbonyl (C=O) groups is 1. The first-order chi connectivity index (χ1) is 13.6. The maximum atomic E-state index is 14.0. The number of carbonyl (C=O) groups excluding carboxylic acids is 1. The quantitative estimate of drug-likeness (QED) is 0.775. The molecule has 2 aliphatic rings. The first-order valence-corrected chi connectivity index (χ1v) is 11.3. The van der Waals surface area contributed by atoms with E-state index in [9.17, 15) is 17.6 Å². The van der Waals surface area contributed by atoms with Gasteiger partial charge in [-0.2, -0.15) is 4.98 Å². The van der Waals surface area contributed by atoms with E-state index in [2.05, 4.69) is 15.5 Å². The predicted octanol–water partition coefficient (Wildman–Crippen LogP) is 1.89. The lowest BCUT2D eigenvalue weighted by Gasteiger charge is -2.24. The molecule has 1 aromatic carbocycles. The van der Waals surface area contributed by atoms with E-state index in [-0.39, 0.29) is 29.1 Å². The van der Waals surface area contributed by atoms with Crippen LogP contribution >= 0.6 is 11.6 Å². The van der Waals surface area contributed by atoms with Gasteiger partial charge in [0.05, 0.1) is 17.2 Å². The highest BCUT2D eigenvalue weighted by Crippen LogP contribution is 2.50. The van der Waals surface area contributed by atoms with Crippen LogP contribution in [0.4, 0.5) is 4.39 Å². The molecule has 2 aromatic rings. The third-order valence-electron chi connectivity index (χ3n) is 5.77. The van der Waals surface area contributed by atoms with Crippen LogP contribution in [0.25, 0.3) is 0 Å². The normalized spacial score (nSPS) is 27.2. The summed E-state index contributed by atoms with van der Waals surface area (Å²) in [5.41, 5.74) is -0.815. The van der Waals surface area contributed by atoms with Crippen molar-refractivity contribution in [1.29, 1.82) is 0 Å². The number of nitrogens with one attached hydrogen (secondary N) is 1. The fraction of sp³-hybridized carbons (Fsp3) is 0.500. The van der Waals surface area contributed by atoms with Crippen LogP contribution < -0.4 is 5.32 Å². The number of fused-ring (bicyclic) bond motifs is 1. The molecule has 1 amide bonds. The fourth-order valence-electron chi connectivity index (χ4n) is 4.45. The Morgan fingerprint density at radius 1 is 1.45 bits per heavy atom. The van der Waals surface area contributed by atoms with Crippen molar-refractivity contribution in [2.75, 3.05) is 19.3 Å². The second kappa shape index (κ2) is 7.03. The number of rotatable bonds is 4. The molecule has 8 nitrogen and oxygen atoms in total. The van der Waals surface area contributed by atoms with Gasteiger partial charge in [-0.3, -0.25) is 4.79 Å². The number of hydrogen-bond donors (Lipinski definition) is 1. The summed E-state index contributed by atoms with van der Waals surface area (Å²) in [7, 11) is -3.39. The molecule has 11 heteroatoms. The van der Waals surface area contributed by atoms with Gasteiger partial charge >= 0.3 is 0 Å². The molecule has 1 saturated heterocycles. The smallest absolute Gasteiger partial charge is 0.254 e. The molecule has 0 spiro atoms. The topological polar surface area (TPSA) is 105 Å². The summed E-state index contributed by atoms with van der Waals surface area (Å²) in [4.78, 5) is 16.9. The zero-order chi connectivity index (χ0) is 21.0. The standard InChI is InChI=1S/C18H20ClFN4O4S/c1-10-21-17(28-23-10)18-7-13(5-11(18)8-24(9-18)29(2,26)27)22-16(25)14-6-12(19)3-4-15(14)20/h3-4,6,11,13H,5,7-9H2,1-2H3,(H,22,25)/t11-,13+,18-/m0/s1. The Morgan fingerprint density at radius 3 is 2.86 bits per heavy atom. The van der Waals surface area contributed by atoms with Crippen molar-refractivity contribution < 1.29 is 22.1 Å². The summed E-state index contributed by atoms with van der Waals surface area (Å²) in [6.07, 6.45) is 2.10. The molecule has 156 valence electrons. The summed E-state index contributed by atoms with van der Waals surface area (Å²) < 4.78 is 45.0. The van der Waals surface area contributed by atoms with Crippen molar-refractivity contribution in [2.24, 2.45) is 5.92 Å². The second-order valence-electron chi connectivity index (χ2n) is 7.79. The minimum atomic E-state index is -3.39. The molecule has 2 fully saturated rings. The molecule has 1 aliphatic heterocycles. The minimum Gasteiger partial charge on any atom is -0.349 e. The van der Waals surface area contributed by atoms with Crippen molar-refractivity contribution in [2.45, 2.75) is 31.2 Å². The van der Waals surface area contributed by atoms with Crippen LogP contribution in [0.1, 0.15) is 34.9 Å². The van der Waals surface area contributed by atoms with Crippen molar-refractivity contribution in [3.8, 4) is 0 Å². The van der Waals surface area contributed by atoms with Gasteiger partial charge in [-0.25, -0.2) is 17.1 Å². The number of hydrogen-bond acceptors (Lipinski definition) is 6. The van der Waals surface area contributed by atoms with Crippen molar-refractivity contribution in [1.82, 2.24) is 19.8 Å². The van der Waals surface area contributed by atoms with E-state index >= 15 is 0 Å². The fourth-order valence-corrected chi connectivity index (χ4v) is 5.54. The summed E-state index contributed by atoms with van der Waals surface area (Å²) in [5, 5.41) is 6.97. The predicted molar refractivity (Wildman–Crippen MR) is 103 cm³/mol. The van der Waals surface area contributed by atoms with Crippen LogP contribution in [0.3, 0.4) is 0 Å². The molecular formula is C18H20ClFN4O4S. The van der Waals surface area contributed by atoms with E-state index in [4.69, 9.17) is 16.1 Å². The van der Waals surface area contributed by atoms with Crippen LogP contribution in [0, 0.1) is 18.7 Å². The number of nitrogens with zero attached hydrogens (tertiary/aromatic N) is 3.